The van der Waals surface area contributed by atoms with Gasteiger partial charge in [0.25, 0.3) is 5.91 Å². The van der Waals surface area contributed by atoms with Gasteiger partial charge in [-0.2, -0.15) is 5.26 Å². The van der Waals surface area contributed by atoms with Crippen LogP contribution in [0.2, 0.25) is 0 Å². The molecule has 0 fully saturated rings. The van der Waals surface area contributed by atoms with Crippen LogP contribution in [-0.4, -0.2) is 10.9 Å². The molecular weight excluding hydrogens is 252 g/mol. The van der Waals surface area contributed by atoms with Crippen LogP contribution in [0.4, 0.5) is 11.4 Å². The van der Waals surface area contributed by atoms with Gasteiger partial charge in [0, 0.05) is 23.3 Å². The standard InChI is InChI=1S/C15H14N4O/c1-10-8-14(17)13(9-18-10)15(20)19-12-4-2-11(3-5-12)6-7-16/h2-5,8-9H,6H2,1H3,(H2,17,18)(H,19,20). The lowest BCUT2D eigenvalue weighted by Crippen LogP contribution is -2.14. The van der Waals surface area contributed by atoms with E-state index in [1.165, 1.54) is 6.20 Å². The maximum atomic E-state index is 12.1. The van der Waals surface area contributed by atoms with Gasteiger partial charge in [0.1, 0.15) is 0 Å². The van der Waals surface area contributed by atoms with Crippen LogP contribution in [0.1, 0.15) is 21.6 Å². The molecule has 0 aliphatic carbocycles. The molecule has 0 aliphatic heterocycles. The van der Waals surface area contributed by atoms with Crippen molar-refractivity contribution < 1.29 is 4.79 Å². The first kappa shape index (κ1) is 13.6. The minimum Gasteiger partial charge on any atom is -0.398 e. The summed E-state index contributed by atoms with van der Waals surface area (Å²) in [5.41, 5.74) is 8.86. The van der Waals surface area contributed by atoms with E-state index >= 15 is 0 Å². The van der Waals surface area contributed by atoms with Crippen molar-refractivity contribution >= 4 is 17.3 Å². The van der Waals surface area contributed by atoms with Crippen LogP contribution < -0.4 is 11.1 Å². The molecule has 1 aromatic heterocycles. The molecule has 0 atom stereocenters. The van der Waals surface area contributed by atoms with E-state index in [1.54, 1.807) is 30.3 Å². The Bertz CT molecular complexity index is 671. The van der Waals surface area contributed by atoms with Crippen LogP contribution in [0, 0.1) is 18.3 Å². The van der Waals surface area contributed by atoms with E-state index in [1.807, 2.05) is 6.92 Å². The van der Waals surface area contributed by atoms with Gasteiger partial charge in [-0.05, 0) is 30.7 Å². The Morgan fingerprint density at radius 3 is 2.70 bits per heavy atom. The van der Waals surface area contributed by atoms with Crippen LogP contribution in [-0.2, 0) is 6.42 Å². The highest BCUT2D eigenvalue weighted by atomic mass is 16.1. The summed E-state index contributed by atoms with van der Waals surface area (Å²) in [6.45, 7) is 1.81. The average Bonchev–Trinajstić information content (AvgIpc) is 2.41. The Morgan fingerprint density at radius 2 is 2.10 bits per heavy atom. The van der Waals surface area contributed by atoms with Gasteiger partial charge < -0.3 is 11.1 Å². The van der Waals surface area contributed by atoms with Gasteiger partial charge in [0.2, 0.25) is 0 Å². The summed E-state index contributed by atoms with van der Waals surface area (Å²) >= 11 is 0. The first-order valence-electron chi connectivity index (χ1n) is 6.09. The van der Waals surface area contributed by atoms with Crippen LogP contribution in [0.25, 0.3) is 0 Å². The topological polar surface area (TPSA) is 91.8 Å². The molecule has 100 valence electrons. The number of nitriles is 1. The van der Waals surface area contributed by atoms with Gasteiger partial charge in [0.05, 0.1) is 18.1 Å². The van der Waals surface area contributed by atoms with E-state index in [9.17, 15) is 4.79 Å². The lowest BCUT2D eigenvalue weighted by molar-refractivity contribution is 0.102. The molecule has 0 radical (unpaired) electrons. The molecule has 0 bridgehead atoms. The number of amides is 1. The second kappa shape index (κ2) is 5.85. The fourth-order valence-electron chi connectivity index (χ4n) is 1.77. The number of carbonyl (C=O) groups is 1. The summed E-state index contributed by atoms with van der Waals surface area (Å²) in [5, 5.41) is 11.3. The molecule has 1 aromatic carbocycles. The maximum absolute atomic E-state index is 12.1. The number of hydrogen-bond acceptors (Lipinski definition) is 4. The smallest absolute Gasteiger partial charge is 0.259 e. The van der Waals surface area contributed by atoms with Gasteiger partial charge in [-0.15, -0.1) is 0 Å². The molecule has 20 heavy (non-hydrogen) atoms. The molecule has 0 aliphatic rings. The molecule has 0 saturated carbocycles. The van der Waals surface area contributed by atoms with Crippen molar-refractivity contribution in [3.63, 3.8) is 0 Å². The number of aromatic nitrogens is 1. The van der Waals surface area contributed by atoms with Gasteiger partial charge >= 0.3 is 0 Å². The van der Waals surface area contributed by atoms with Crippen molar-refractivity contribution in [2.75, 3.05) is 11.1 Å². The van der Waals surface area contributed by atoms with Crippen molar-refractivity contribution in [3.05, 3.63) is 53.3 Å². The van der Waals surface area contributed by atoms with E-state index in [-0.39, 0.29) is 5.91 Å². The minimum atomic E-state index is -0.303. The fourth-order valence-corrected chi connectivity index (χ4v) is 1.77. The number of nitrogen functional groups attached to an aromatic ring is 1. The summed E-state index contributed by atoms with van der Waals surface area (Å²) in [6.07, 6.45) is 1.81. The normalized spacial score (nSPS) is 9.80. The number of nitrogens with two attached hydrogens (primary N) is 1. The van der Waals surface area contributed by atoms with Crippen molar-refractivity contribution in [2.45, 2.75) is 13.3 Å². The van der Waals surface area contributed by atoms with Crippen molar-refractivity contribution in [1.29, 1.82) is 5.26 Å². The zero-order chi connectivity index (χ0) is 14.5. The second-order valence-electron chi connectivity index (χ2n) is 4.40. The lowest BCUT2D eigenvalue weighted by atomic mass is 10.1. The summed E-state index contributed by atoms with van der Waals surface area (Å²) < 4.78 is 0. The largest absolute Gasteiger partial charge is 0.398 e. The Kier molecular flexibility index (Phi) is 3.96. The average molecular weight is 266 g/mol. The summed E-state index contributed by atoms with van der Waals surface area (Å²) in [4.78, 5) is 16.1. The Hall–Kier alpha value is -2.87. The van der Waals surface area contributed by atoms with Crippen LogP contribution in [0.5, 0.6) is 0 Å². The predicted octanol–water partition coefficient (Wildman–Crippen LogP) is 2.29. The summed E-state index contributed by atoms with van der Waals surface area (Å²) in [6, 6.07) is 10.8. The molecule has 2 aromatic rings. The highest BCUT2D eigenvalue weighted by Crippen LogP contribution is 2.15. The third-order valence-electron chi connectivity index (χ3n) is 2.81. The SMILES string of the molecule is Cc1cc(N)c(C(=O)Nc2ccc(CC#N)cc2)cn1. The minimum absolute atomic E-state index is 0.303. The van der Waals surface area contributed by atoms with Gasteiger partial charge in [-0.25, -0.2) is 0 Å². The molecule has 3 N–H and O–H groups in total. The molecule has 2 rings (SSSR count). The molecule has 0 unspecified atom stereocenters. The summed E-state index contributed by atoms with van der Waals surface area (Å²) in [5.74, 6) is -0.303. The third kappa shape index (κ3) is 3.12. The Morgan fingerprint density at radius 1 is 1.40 bits per heavy atom. The summed E-state index contributed by atoms with van der Waals surface area (Å²) in [7, 11) is 0. The first-order chi connectivity index (χ1) is 9.60. The number of rotatable bonds is 3. The van der Waals surface area contributed by atoms with Crippen LogP contribution >= 0.6 is 0 Å². The molecule has 5 nitrogen and oxygen atoms in total. The van der Waals surface area contributed by atoms with Gasteiger partial charge in [-0.3, -0.25) is 9.78 Å². The second-order valence-corrected chi connectivity index (χ2v) is 4.40. The van der Waals surface area contributed by atoms with E-state index < -0.39 is 0 Å². The zero-order valence-corrected chi connectivity index (χ0v) is 11.1. The Labute approximate surface area is 117 Å². The van der Waals surface area contributed by atoms with E-state index in [4.69, 9.17) is 11.0 Å². The first-order valence-corrected chi connectivity index (χ1v) is 6.09. The molecule has 1 amide bonds. The number of hydrogen-bond donors (Lipinski definition) is 2. The van der Waals surface area contributed by atoms with Gasteiger partial charge in [-0.1, -0.05) is 12.1 Å². The van der Waals surface area contributed by atoms with Crippen molar-refractivity contribution in [2.24, 2.45) is 0 Å². The quantitative estimate of drug-likeness (QED) is 0.891. The fraction of sp³-hybridized carbons (Fsp3) is 0.133. The monoisotopic (exact) mass is 266 g/mol. The molecular formula is C15H14N4O. The predicted molar refractivity (Wildman–Crippen MR) is 77.1 cm³/mol. The highest BCUT2D eigenvalue weighted by molar-refractivity contribution is 6.07. The highest BCUT2D eigenvalue weighted by Gasteiger charge is 2.10. The van der Waals surface area contributed by atoms with Crippen LogP contribution in [0.3, 0.4) is 0 Å². The number of pyridine rings is 1. The van der Waals surface area contributed by atoms with E-state index in [0.717, 1.165) is 11.3 Å². The number of benzene rings is 1. The Balaban J connectivity index is 2.13. The molecule has 5 heteroatoms. The van der Waals surface area contributed by atoms with E-state index in [2.05, 4.69) is 16.4 Å². The number of anilines is 2. The number of carbonyl (C=O) groups excluding carboxylic acids is 1. The van der Waals surface area contributed by atoms with Crippen LogP contribution in [0.15, 0.2) is 36.5 Å². The van der Waals surface area contributed by atoms with E-state index in [0.29, 0.717) is 23.4 Å². The van der Waals surface area contributed by atoms with Crippen molar-refractivity contribution in [1.82, 2.24) is 4.98 Å². The third-order valence-corrected chi connectivity index (χ3v) is 2.81. The zero-order valence-electron chi connectivity index (χ0n) is 11.1. The number of nitrogens with zero attached hydrogens (tertiary/aromatic N) is 2. The molecule has 0 saturated heterocycles. The number of aryl methyl sites for hydroxylation is 1. The van der Waals surface area contributed by atoms with Crippen molar-refractivity contribution in [3.8, 4) is 6.07 Å². The molecule has 1 heterocycles. The maximum Gasteiger partial charge on any atom is 0.259 e. The van der Waals surface area contributed by atoms with Gasteiger partial charge in [0.15, 0.2) is 0 Å². The molecule has 0 spiro atoms. The lowest BCUT2D eigenvalue weighted by Gasteiger charge is -2.08. The number of nitrogens with one attached hydrogen (secondary N) is 1.